The molecule has 8 nitrogen and oxygen atoms in total. The smallest absolute Gasteiger partial charge is 0.338 e. The summed E-state index contributed by atoms with van der Waals surface area (Å²) in [6.45, 7) is 1.87. The van der Waals surface area contributed by atoms with Crippen LogP contribution >= 0.6 is 0 Å². The van der Waals surface area contributed by atoms with E-state index in [1.165, 1.54) is 7.11 Å². The molecule has 0 radical (unpaired) electrons. The maximum Gasteiger partial charge on any atom is 0.338 e. The molecule has 0 bridgehead atoms. The van der Waals surface area contributed by atoms with E-state index in [0.717, 1.165) is 5.56 Å². The van der Waals surface area contributed by atoms with Crippen LogP contribution in [0.5, 0.6) is 5.75 Å². The van der Waals surface area contributed by atoms with E-state index >= 15 is 0 Å². The Morgan fingerprint density at radius 2 is 1.77 bits per heavy atom. The van der Waals surface area contributed by atoms with Crippen molar-refractivity contribution < 1.29 is 39.1 Å². The van der Waals surface area contributed by atoms with Gasteiger partial charge in [-0.05, 0) is 36.2 Å². The fraction of sp³-hybridized carbons (Fsp3) is 0.409. The van der Waals surface area contributed by atoms with E-state index in [-0.39, 0.29) is 6.61 Å². The predicted octanol–water partition coefficient (Wildman–Crippen LogP) is 1.18. The molecule has 30 heavy (non-hydrogen) atoms. The maximum atomic E-state index is 12.5. The molecule has 0 spiro atoms. The topological polar surface area (TPSA) is 115 Å². The number of rotatable bonds is 7. The van der Waals surface area contributed by atoms with Crippen molar-refractivity contribution >= 4 is 5.97 Å². The molecule has 0 unspecified atom stereocenters. The summed E-state index contributed by atoms with van der Waals surface area (Å²) >= 11 is 0. The fourth-order valence-electron chi connectivity index (χ4n) is 3.18. The number of esters is 1. The second kappa shape index (κ2) is 10.0. The van der Waals surface area contributed by atoms with Gasteiger partial charge in [0, 0.05) is 7.11 Å². The van der Waals surface area contributed by atoms with Gasteiger partial charge in [0.25, 0.3) is 0 Å². The molecule has 1 fully saturated rings. The molecule has 162 valence electrons. The summed E-state index contributed by atoms with van der Waals surface area (Å²) in [5.74, 6) is 0.0199. The Balaban J connectivity index is 1.57. The van der Waals surface area contributed by atoms with Crippen molar-refractivity contribution in [1.82, 2.24) is 0 Å². The number of hydrogen-bond donors (Lipinski definition) is 3. The van der Waals surface area contributed by atoms with Gasteiger partial charge in [-0.3, -0.25) is 0 Å². The average molecular weight is 418 g/mol. The second-order valence-corrected chi connectivity index (χ2v) is 7.10. The number of hydrogen-bond acceptors (Lipinski definition) is 8. The normalized spacial score (nSPS) is 26.2. The average Bonchev–Trinajstić information content (AvgIpc) is 2.76. The van der Waals surface area contributed by atoms with Gasteiger partial charge < -0.3 is 34.3 Å². The minimum absolute atomic E-state index is 0.310. The molecule has 5 atom stereocenters. The SMILES string of the molecule is CO[C@H]1O[C@H](COC(=O)c2ccc(OCc3ccccc3)cc2C)[C@@H](O)[C@H](O)[C@H]1O. The van der Waals surface area contributed by atoms with Crippen LogP contribution < -0.4 is 4.74 Å². The Bertz CT molecular complexity index is 838. The summed E-state index contributed by atoms with van der Waals surface area (Å²) in [6.07, 6.45) is -6.46. The molecule has 1 aliphatic heterocycles. The minimum atomic E-state index is -1.48. The van der Waals surface area contributed by atoms with Crippen molar-refractivity contribution in [2.75, 3.05) is 13.7 Å². The molecule has 8 heteroatoms. The molecule has 0 amide bonds. The van der Waals surface area contributed by atoms with Gasteiger partial charge in [-0.25, -0.2) is 4.79 Å². The summed E-state index contributed by atoms with van der Waals surface area (Å²) in [6, 6.07) is 14.8. The molecule has 3 rings (SSSR count). The van der Waals surface area contributed by atoms with Gasteiger partial charge in [-0.2, -0.15) is 0 Å². The Morgan fingerprint density at radius 3 is 2.43 bits per heavy atom. The molecular formula is C22H26O8. The summed E-state index contributed by atoms with van der Waals surface area (Å²) in [7, 11) is 1.30. The van der Waals surface area contributed by atoms with E-state index in [2.05, 4.69) is 0 Å². The zero-order valence-corrected chi connectivity index (χ0v) is 16.8. The number of aliphatic hydroxyl groups is 3. The van der Waals surface area contributed by atoms with Gasteiger partial charge in [0.2, 0.25) is 0 Å². The number of methoxy groups -OCH3 is 1. The lowest BCUT2D eigenvalue weighted by molar-refractivity contribution is -0.294. The standard InChI is InChI=1S/C22H26O8/c1-13-10-15(28-11-14-6-4-3-5-7-14)8-9-16(13)21(26)29-12-17-18(23)19(24)20(25)22(27-2)30-17/h3-10,17-20,22-25H,11-12H2,1-2H3/t17-,18-,19+,20-,22+/m1/s1. The van der Waals surface area contributed by atoms with Crippen LogP contribution in [0.4, 0.5) is 0 Å². The summed E-state index contributed by atoms with van der Waals surface area (Å²) in [5, 5.41) is 29.7. The Morgan fingerprint density at radius 1 is 1.03 bits per heavy atom. The number of aliphatic hydroxyl groups excluding tert-OH is 3. The second-order valence-electron chi connectivity index (χ2n) is 7.10. The first-order valence-electron chi connectivity index (χ1n) is 9.57. The number of aryl methyl sites for hydroxylation is 1. The highest BCUT2D eigenvalue weighted by Crippen LogP contribution is 2.23. The Labute approximate surface area is 174 Å². The van der Waals surface area contributed by atoms with Gasteiger partial charge in [-0.15, -0.1) is 0 Å². The lowest BCUT2D eigenvalue weighted by atomic mass is 9.99. The van der Waals surface area contributed by atoms with Crippen LogP contribution in [0.3, 0.4) is 0 Å². The van der Waals surface area contributed by atoms with Crippen molar-refractivity contribution in [2.24, 2.45) is 0 Å². The lowest BCUT2D eigenvalue weighted by Gasteiger charge is -2.39. The van der Waals surface area contributed by atoms with Crippen LogP contribution in [0.15, 0.2) is 48.5 Å². The number of ether oxygens (including phenoxy) is 4. The van der Waals surface area contributed by atoms with Crippen molar-refractivity contribution in [3.05, 3.63) is 65.2 Å². The van der Waals surface area contributed by atoms with Crippen molar-refractivity contribution in [1.29, 1.82) is 0 Å². The van der Waals surface area contributed by atoms with E-state index in [4.69, 9.17) is 18.9 Å². The molecule has 0 aromatic heterocycles. The lowest BCUT2D eigenvalue weighted by Crippen LogP contribution is -2.59. The third-order valence-electron chi connectivity index (χ3n) is 4.95. The summed E-state index contributed by atoms with van der Waals surface area (Å²) in [5.41, 5.74) is 2.04. The van der Waals surface area contributed by atoms with Crippen LogP contribution in [-0.2, 0) is 20.8 Å². The first-order valence-corrected chi connectivity index (χ1v) is 9.57. The fourth-order valence-corrected chi connectivity index (χ4v) is 3.18. The monoisotopic (exact) mass is 418 g/mol. The van der Waals surface area contributed by atoms with Crippen LogP contribution in [0.1, 0.15) is 21.5 Å². The number of benzene rings is 2. The van der Waals surface area contributed by atoms with Crippen molar-refractivity contribution in [2.45, 2.75) is 44.2 Å². The molecule has 1 aliphatic rings. The van der Waals surface area contributed by atoms with Crippen LogP contribution in [0, 0.1) is 6.92 Å². The van der Waals surface area contributed by atoms with Gasteiger partial charge >= 0.3 is 5.97 Å². The molecule has 2 aromatic carbocycles. The highest BCUT2D eigenvalue weighted by Gasteiger charge is 2.44. The Kier molecular flexibility index (Phi) is 7.41. The van der Waals surface area contributed by atoms with Crippen molar-refractivity contribution in [3.63, 3.8) is 0 Å². The molecule has 0 aliphatic carbocycles. The molecule has 1 heterocycles. The predicted molar refractivity (Wildman–Crippen MR) is 106 cm³/mol. The molecule has 2 aromatic rings. The number of carbonyl (C=O) groups is 1. The van der Waals surface area contributed by atoms with Crippen LogP contribution in [-0.4, -0.2) is 65.7 Å². The van der Waals surface area contributed by atoms with Crippen LogP contribution in [0.2, 0.25) is 0 Å². The van der Waals surface area contributed by atoms with Gasteiger partial charge in [0.1, 0.15) is 43.4 Å². The first kappa shape index (κ1) is 22.2. The number of carbonyl (C=O) groups excluding carboxylic acids is 1. The highest BCUT2D eigenvalue weighted by molar-refractivity contribution is 5.91. The maximum absolute atomic E-state index is 12.5. The molecule has 1 saturated heterocycles. The third-order valence-corrected chi connectivity index (χ3v) is 4.95. The Hall–Kier alpha value is -2.49. The van der Waals surface area contributed by atoms with E-state index in [1.807, 2.05) is 30.3 Å². The summed E-state index contributed by atoms with van der Waals surface area (Å²) < 4.78 is 21.3. The zero-order chi connectivity index (χ0) is 21.7. The van der Waals surface area contributed by atoms with Gasteiger partial charge in [0.15, 0.2) is 6.29 Å². The molecule has 3 N–H and O–H groups in total. The first-order chi connectivity index (χ1) is 14.4. The molecular weight excluding hydrogens is 392 g/mol. The van der Waals surface area contributed by atoms with Gasteiger partial charge in [-0.1, -0.05) is 30.3 Å². The summed E-state index contributed by atoms with van der Waals surface area (Å²) in [4.78, 5) is 12.5. The highest BCUT2D eigenvalue weighted by atomic mass is 16.7. The van der Waals surface area contributed by atoms with Crippen LogP contribution in [0.25, 0.3) is 0 Å². The minimum Gasteiger partial charge on any atom is -0.489 e. The van der Waals surface area contributed by atoms with E-state index in [1.54, 1.807) is 25.1 Å². The zero-order valence-electron chi connectivity index (χ0n) is 16.8. The molecule has 0 saturated carbocycles. The van der Waals surface area contributed by atoms with Crippen molar-refractivity contribution in [3.8, 4) is 5.75 Å². The van der Waals surface area contributed by atoms with E-state index in [9.17, 15) is 20.1 Å². The quantitative estimate of drug-likeness (QED) is 0.575. The third kappa shape index (κ3) is 5.16. The van der Waals surface area contributed by atoms with E-state index < -0.39 is 36.7 Å². The van der Waals surface area contributed by atoms with Gasteiger partial charge in [0.05, 0.1) is 5.56 Å². The van der Waals surface area contributed by atoms with E-state index in [0.29, 0.717) is 23.5 Å². The largest absolute Gasteiger partial charge is 0.489 e.